The predicted octanol–water partition coefficient (Wildman–Crippen LogP) is 3.79. The van der Waals surface area contributed by atoms with Crippen molar-refractivity contribution in [3.8, 4) is 0 Å². The Morgan fingerprint density at radius 3 is 2.56 bits per heavy atom. The molecule has 2 aliphatic rings. The SMILES string of the molecule is CCOC(=O)C1=C(CN2CC=C(c3ccccc3)CC2)NC(=O)NC1c1ccc(F)cc1. The fourth-order valence-electron chi connectivity index (χ4n) is 4.09. The van der Waals surface area contributed by atoms with Gasteiger partial charge in [0, 0.05) is 25.3 Å². The zero-order valence-corrected chi connectivity index (χ0v) is 17.9. The number of rotatable bonds is 6. The van der Waals surface area contributed by atoms with Crippen LogP contribution in [0.15, 0.2) is 71.9 Å². The smallest absolute Gasteiger partial charge is 0.338 e. The standard InChI is InChI=1S/C25H26FN3O3/c1-2-32-24(30)22-21(27-25(31)28-23(22)19-8-10-20(26)11-9-19)16-29-14-12-18(13-15-29)17-6-4-3-5-7-17/h3-12,23H,2,13-16H2,1H3,(H2,27,28,31). The summed E-state index contributed by atoms with van der Waals surface area (Å²) in [4.78, 5) is 27.5. The molecule has 2 aromatic carbocycles. The number of ether oxygens (including phenoxy) is 1. The molecule has 166 valence electrons. The van der Waals surface area contributed by atoms with Gasteiger partial charge < -0.3 is 15.4 Å². The summed E-state index contributed by atoms with van der Waals surface area (Å²) in [6.07, 6.45) is 3.06. The number of benzene rings is 2. The van der Waals surface area contributed by atoms with E-state index in [0.29, 0.717) is 29.9 Å². The van der Waals surface area contributed by atoms with Crippen LogP contribution in [-0.2, 0) is 9.53 Å². The second kappa shape index (κ2) is 9.78. The maximum Gasteiger partial charge on any atom is 0.338 e. The number of halogens is 1. The number of hydrogen-bond donors (Lipinski definition) is 2. The lowest BCUT2D eigenvalue weighted by atomic mass is 9.94. The Morgan fingerprint density at radius 2 is 1.91 bits per heavy atom. The molecule has 2 heterocycles. The van der Waals surface area contributed by atoms with E-state index >= 15 is 0 Å². The van der Waals surface area contributed by atoms with Gasteiger partial charge in [0.05, 0.1) is 18.2 Å². The average molecular weight is 435 g/mol. The van der Waals surface area contributed by atoms with Gasteiger partial charge in [-0.05, 0) is 42.2 Å². The van der Waals surface area contributed by atoms with E-state index in [1.807, 2.05) is 18.2 Å². The highest BCUT2D eigenvalue weighted by molar-refractivity contribution is 5.95. The summed E-state index contributed by atoms with van der Waals surface area (Å²) in [6.45, 7) is 3.85. The summed E-state index contributed by atoms with van der Waals surface area (Å²) in [5.41, 5.74) is 3.98. The third kappa shape index (κ3) is 4.89. The quantitative estimate of drug-likeness (QED) is 0.678. The third-order valence-corrected chi connectivity index (χ3v) is 5.67. The van der Waals surface area contributed by atoms with E-state index in [1.54, 1.807) is 19.1 Å². The first-order valence-electron chi connectivity index (χ1n) is 10.7. The first kappa shape index (κ1) is 21.8. The molecule has 1 unspecified atom stereocenters. The fraction of sp³-hybridized carbons (Fsp3) is 0.280. The molecule has 2 aliphatic heterocycles. The molecular weight excluding hydrogens is 409 g/mol. The summed E-state index contributed by atoms with van der Waals surface area (Å²) in [5, 5.41) is 5.58. The zero-order chi connectivity index (χ0) is 22.5. The van der Waals surface area contributed by atoms with Crippen LogP contribution in [0.2, 0.25) is 0 Å². The van der Waals surface area contributed by atoms with Crippen molar-refractivity contribution in [2.24, 2.45) is 0 Å². The summed E-state index contributed by atoms with van der Waals surface area (Å²) in [5.74, 6) is -0.882. The van der Waals surface area contributed by atoms with Crippen LogP contribution in [0.4, 0.5) is 9.18 Å². The number of urea groups is 1. The van der Waals surface area contributed by atoms with Crippen molar-refractivity contribution in [2.75, 3.05) is 26.2 Å². The van der Waals surface area contributed by atoms with Gasteiger partial charge in [0.1, 0.15) is 5.82 Å². The topological polar surface area (TPSA) is 70.7 Å². The van der Waals surface area contributed by atoms with Crippen molar-refractivity contribution in [3.05, 3.63) is 88.9 Å². The minimum absolute atomic E-state index is 0.215. The van der Waals surface area contributed by atoms with Crippen molar-refractivity contribution < 1.29 is 18.7 Å². The molecule has 0 bridgehead atoms. The molecule has 0 fully saturated rings. The van der Waals surface area contributed by atoms with Crippen molar-refractivity contribution in [1.82, 2.24) is 15.5 Å². The largest absolute Gasteiger partial charge is 0.463 e. The van der Waals surface area contributed by atoms with Crippen LogP contribution in [-0.4, -0.2) is 43.1 Å². The number of hydrogen-bond acceptors (Lipinski definition) is 4. The van der Waals surface area contributed by atoms with Gasteiger partial charge in [-0.15, -0.1) is 0 Å². The zero-order valence-electron chi connectivity index (χ0n) is 17.9. The first-order chi connectivity index (χ1) is 15.5. The number of nitrogens with zero attached hydrogens (tertiary/aromatic N) is 1. The van der Waals surface area contributed by atoms with Gasteiger partial charge in [0.25, 0.3) is 0 Å². The van der Waals surface area contributed by atoms with Crippen LogP contribution in [0, 0.1) is 5.82 Å². The van der Waals surface area contributed by atoms with Gasteiger partial charge in [-0.1, -0.05) is 48.5 Å². The van der Waals surface area contributed by atoms with Gasteiger partial charge in [-0.3, -0.25) is 4.90 Å². The second-order valence-corrected chi connectivity index (χ2v) is 7.78. The van der Waals surface area contributed by atoms with Gasteiger partial charge in [-0.25, -0.2) is 14.0 Å². The van der Waals surface area contributed by atoms with Crippen LogP contribution >= 0.6 is 0 Å². The van der Waals surface area contributed by atoms with E-state index in [9.17, 15) is 14.0 Å². The lowest BCUT2D eigenvalue weighted by Crippen LogP contribution is -2.48. The van der Waals surface area contributed by atoms with Gasteiger partial charge in [0.15, 0.2) is 0 Å². The summed E-state index contributed by atoms with van der Waals surface area (Å²) >= 11 is 0. The van der Waals surface area contributed by atoms with Gasteiger partial charge in [-0.2, -0.15) is 0 Å². The minimum Gasteiger partial charge on any atom is -0.463 e. The molecule has 0 saturated carbocycles. The van der Waals surface area contributed by atoms with Crippen LogP contribution < -0.4 is 10.6 Å². The highest BCUT2D eigenvalue weighted by atomic mass is 19.1. The lowest BCUT2D eigenvalue weighted by molar-refractivity contribution is -0.139. The second-order valence-electron chi connectivity index (χ2n) is 7.78. The lowest BCUT2D eigenvalue weighted by Gasteiger charge is -2.33. The molecular formula is C25H26FN3O3. The predicted molar refractivity (Wildman–Crippen MR) is 120 cm³/mol. The number of nitrogens with one attached hydrogen (secondary N) is 2. The molecule has 0 aliphatic carbocycles. The monoisotopic (exact) mass is 435 g/mol. The molecule has 0 aromatic heterocycles. The maximum absolute atomic E-state index is 13.4. The molecule has 1 atom stereocenters. The molecule has 32 heavy (non-hydrogen) atoms. The molecule has 2 amide bonds. The maximum atomic E-state index is 13.4. The van der Waals surface area contributed by atoms with E-state index in [1.165, 1.54) is 23.3 Å². The Hall–Kier alpha value is -3.45. The minimum atomic E-state index is -0.710. The fourth-order valence-corrected chi connectivity index (χ4v) is 4.09. The number of amides is 2. The van der Waals surface area contributed by atoms with Gasteiger partial charge >= 0.3 is 12.0 Å². The highest BCUT2D eigenvalue weighted by Gasteiger charge is 2.34. The number of carbonyl (C=O) groups is 2. The van der Waals surface area contributed by atoms with Crippen LogP contribution in [0.3, 0.4) is 0 Å². The van der Waals surface area contributed by atoms with E-state index in [0.717, 1.165) is 13.0 Å². The normalized spacial score (nSPS) is 19.1. The first-order valence-corrected chi connectivity index (χ1v) is 10.7. The Kier molecular flexibility index (Phi) is 6.66. The van der Waals surface area contributed by atoms with Crippen LogP contribution in [0.25, 0.3) is 5.57 Å². The number of esters is 1. The van der Waals surface area contributed by atoms with Crippen molar-refractivity contribution in [1.29, 1.82) is 0 Å². The molecule has 7 heteroatoms. The Morgan fingerprint density at radius 1 is 1.16 bits per heavy atom. The summed E-state index contributed by atoms with van der Waals surface area (Å²) in [6, 6.07) is 14.9. The van der Waals surface area contributed by atoms with E-state index in [-0.39, 0.29) is 12.4 Å². The van der Waals surface area contributed by atoms with Crippen molar-refractivity contribution in [2.45, 2.75) is 19.4 Å². The number of carbonyl (C=O) groups excluding carboxylic acids is 2. The molecule has 4 rings (SSSR count). The molecule has 2 aromatic rings. The van der Waals surface area contributed by atoms with Crippen LogP contribution in [0.1, 0.15) is 30.5 Å². The Labute approximate surface area is 186 Å². The van der Waals surface area contributed by atoms with Crippen molar-refractivity contribution >= 4 is 17.6 Å². The molecule has 2 N–H and O–H groups in total. The Bertz CT molecular complexity index is 1050. The molecule has 0 radical (unpaired) electrons. The summed E-state index contributed by atoms with van der Waals surface area (Å²) < 4.78 is 18.7. The van der Waals surface area contributed by atoms with E-state index in [4.69, 9.17) is 4.74 Å². The van der Waals surface area contributed by atoms with Crippen molar-refractivity contribution in [3.63, 3.8) is 0 Å². The van der Waals surface area contributed by atoms with Gasteiger partial charge in [0.2, 0.25) is 0 Å². The van der Waals surface area contributed by atoms with Crippen LogP contribution in [0.5, 0.6) is 0 Å². The summed E-state index contributed by atoms with van der Waals surface area (Å²) in [7, 11) is 0. The highest BCUT2D eigenvalue weighted by Crippen LogP contribution is 2.29. The van der Waals surface area contributed by atoms with E-state index < -0.39 is 18.0 Å². The van der Waals surface area contributed by atoms with E-state index in [2.05, 4.69) is 33.7 Å². The Balaban J connectivity index is 1.60. The molecule has 6 nitrogen and oxygen atoms in total. The molecule has 0 saturated heterocycles. The third-order valence-electron chi connectivity index (χ3n) is 5.67. The average Bonchev–Trinajstić information content (AvgIpc) is 2.80. The molecule has 0 spiro atoms.